The molecule has 0 saturated heterocycles. The van der Waals surface area contributed by atoms with E-state index in [4.69, 9.17) is 28.9 Å². The molecule has 6 heterocycles. The Hall–Kier alpha value is -2.40. The van der Waals surface area contributed by atoms with Crippen LogP contribution in [0.2, 0.25) is 0 Å². The molecule has 6 rings (SSSR count). The van der Waals surface area contributed by atoms with Crippen LogP contribution in [-0.4, -0.2) is 47.9 Å². The zero-order valence-electron chi connectivity index (χ0n) is 25.5. The molecule has 0 atom stereocenters. The third-order valence-corrected chi connectivity index (χ3v) is 12.6. The highest BCUT2D eigenvalue weighted by molar-refractivity contribution is 8.01. The molecule has 0 bridgehead atoms. The second-order valence-corrected chi connectivity index (χ2v) is 15.6. The van der Waals surface area contributed by atoms with Gasteiger partial charge in [0.25, 0.3) is 0 Å². The molecule has 6 nitrogen and oxygen atoms in total. The van der Waals surface area contributed by atoms with Gasteiger partial charge in [0.2, 0.25) is 0 Å². The minimum atomic E-state index is 0.564. The Morgan fingerprint density at radius 3 is 1.45 bits per heavy atom. The van der Waals surface area contributed by atoms with Gasteiger partial charge in [-0.3, -0.25) is 9.97 Å². The SMILES string of the molecule is CCCCCCSc1sc(-c2ccnc(-c3cc(-c4sc(SCCCCCC)c5c4OCCO5)ccn3)c2)c2c1OCCO2. The molecule has 2 aliphatic rings. The number of thioether (sulfide) groups is 2. The summed E-state index contributed by atoms with van der Waals surface area (Å²) in [6, 6.07) is 8.34. The fraction of sp³-hybridized carbons (Fsp3) is 0.471. The lowest BCUT2D eigenvalue weighted by atomic mass is 10.1. The average molecular weight is 669 g/mol. The van der Waals surface area contributed by atoms with Crippen LogP contribution in [-0.2, 0) is 0 Å². The van der Waals surface area contributed by atoms with E-state index in [0.717, 1.165) is 66.8 Å². The first-order chi connectivity index (χ1) is 21.8. The lowest BCUT2D eigenvalue weighted by molar-refractivity contribution is 0.170. The highest BCUT2D eigenvalue weighted by Gasteiger charge is 2.27. The van der Waals surface area contributed by atoms with Gasteiger partial charge in [0.1, 0.15) is 34.8 Å². The number of ether oxygens (including phenoxy) is 4. The van der Waals surface area contributed by atoms with Crippen LogP contribution in [0.15, 0.2) is 45.1 Å². The Morgan fingerprint density at radius 2 is 1.02 bits per heavy atom. The number of thiophene rings is 2. The van der Waals surface area contributed by atoms with Crippen molar-refractivity contribution in [1.82, 2.24) is 9.97 Å². The van der Waals surface area contributed by atoms with Crippen molar-refractivity contribution in [3.63, 3.8) is 0 Å². The van der Waals surface area contributed by atoms with Crippen molar-refractivity contribution in [1.29, 1.82) is 0 Å². The van der Waals surface area contributed by atoms with Gasteiger partial charge in [0, 0.05) is 12.4 Å². The Bertz CT molecular complexity index is 1420. The van der Waals surface area contributed by atoms with Gasteiger partial charge >= 0.3 is 0 Å². The molecule has 0 saturated carbocycles. The van der Waals surface area contributed by atoms with E-state index in [0.29, 0.717) is 26.4 Å². The van der Waals surface area contributed by atoms with Crippen LogP contribution in [0, 0.1) is 0 Å². The van der Waals surface area contributed by atoms with Gasteiger partial charge in [0.15, 0.2) is 23.0 Å². The van der Waals surface area contributed by atoms with Crippen molar-refractivity contribution in [2.75, 3.05) is 37.9 Å². The van der Waals surface area contributed by atoms with Crippen molar-refractivity contribution in [3.8, 4) is 55.3 Å². The van der Waals surface area contributed by atoms with Gasteiger partial charge in [-0.2, -0.15) is 0 Å². The molecule has 0 amide bonds. The summed E-state index contributed by atoms with van der Waals surface area (Å²) in [4.78, 5) is 11.6. The zero-order valence-corrected chi connectivity index (χ0v) is 28.8. The molecule has 10 heteroatoms. The van der Waals surface area contributed by atoms with E-state index in [-0.39, 0.29) is 0 Å². The van der Waals surface area contributed by atoms with Gasteiger partial charge in [-0.15, -0.1) is 46.2 Å². The van der Waals surface area contributed by atoms with Crippen LogP contribution in [0.3, 0.4) is 0 Å². The quantitative estimate of drug-likeness (QED) is 0.0916. The molecular weight excluding hydrogens is 629 g/mol. The standard InChI is InChI=1S/C34H40N2O4S4/c1-3-5-7-9-19-41-33-29-27(37-15-17-39-29)31(43-33)23-11-13-35-25(21-23)26-22-24(12-14-36-26)32-28-30(40-18-16-38-28)34(44-32)42-20-10-8-6-4-2/h11-14,21-22H,3-10,15-20H2,1-2H3. The van der Waals surface area contributed by atoms with E-state index in [1.54, 1.807) is 22.7 Å². The summed E-state index contributed by atoms with van der Waals surface area (Å²) < 4.78 is 27.0. The van der Waals surface area contributed by atoms with Crippen molar-refractivity contribution in [2.24, 2.45) is 0 Å². The Kier molecular flexibility index (Phi) is 11.3. The van der Waals surface area contributed by atoms with Crippen LogP contribution < -0.4 is 18.9 Å². The molecule has 0 N–H and O–H groups in total. The molecule has 44 heavy (non-hydrogen) atoms. The summed E-state index contributed by atoms with van der Waals surface area (Å²) in [6.45, 7) is 6.80. The molecule has 4 aromatic heterocycles. The van der Waals surface area contributed by atoms with E-state index in [1.165, 1.54) is 59.8 Å². The third-order valence-electron chi connectivity index (χ3n) is 7.51. The maximum Gasteiger partial charge on any atom is 0.186 e. The number of hydrogen-bond donors (Lipinski definition) is 0. The van der Waals surface area contributed by atoms with Gasteiger partial charge in [-0.1, -0.05) is 52.4 Å². The topological polar surface area (TPSA) is 62.7 Å². The number of pyridine rings is 2. The van der Waals surface area contributed by atoms with Gasteiger partial charge in [-0.25, -0.2) is 0 Å². The lowest BCUT2D eigenvalue weighted by Gasteiger charge is -2.17. The number of fused-ring (bicyclic) bond motifs is 2. The molecule has 2 aliphatic heterocycles. The van der Waals surface area contributed by atoms with E-state index in [9.17, 15) is 0 Å². The molecule has 0 fully saturated rings. The molecule has 0 radical (unpaired) electrons. The maximum atomic E-state index is 6.17. The first kappa shape index (κ1) is 31.6. The fourth-order valence-corrected chi connectivity index (χ4v) is 10.2. The minimum absolute atomic E-state index is 0.564. The lowest BCUT2D eigenvalue weighted by Crippen LogP contribution is -2.14. The van der Waals surface area contributed by atoms with Gasteiger partial charge < -0.3 is 18.9 Å². The van der Waals surface area contributed by atoms with E-state index < -0.39 is 0 Å². The number of hydrogen-bond acceptors (Lipinski definition) is 10. The van der Waals surface area contributed by atoms with Crippen LogP contribution in [0.25, 0.3) is 32.3 Å². The molecule has 0 aromatic carbocycles. The number of rotatable bonds is 15. The summed E-state index contributed by atoms with van der Waals surface area (Å²) >= 11 is 7.29. The fourth-order valence-electron chi connectivity index (χ4n) is 5.23. The second kappa shape index (κ2) is 15.7. The zero-order chi connectivity index (χ0) is 30.1. The van der Waals surface area contributed by atoms with Gasteiger partial charge in [-0.05, 0) is 59.7 Å². The van der Waals surface area contributed by atoms with Crippen molar-refractivity contribution in [3.05, 3.63) is 36.7 Å². The van der Waals surface area contributed by atoms with Crippen LogP contribution in [0.4, 0.5) is 0 Å². The summed E-state index contributed by atoms with van der Waals surface area (Å²) in [5, 5.41) is 0. The van der Waals surface area contributed by atoms with Crippen LogP contribution >= 0.6 is 46.2 Å². The van der Waals surface area contributed by atoms with Crippen molar-refractivity contribution in [2.45, 2.75) is 73.6 Å². The molecule has 0 spiro atoms. The summed E-state index contributed by atoms with van der Waals surface area (Å²) in [6.07, 6.45) is 13.8. The third kappa shape index (κ3) is 7.35. The van der Waals surface area contributed by atoms with E-state index in [2.05, 4.69) is 38.1 Å². The van der Waals surface area contributed by atoms with Crippen molar-refractivity contribution < 1.29 is 18.9 Å². The minimum Gasteiger partial charge on any atom is -0.485 e. The first-order valence-electron chi connectivity index (χ1n) is 15.8. The first-order valence-corrected chi connectivity index (χ1v) is 19.4. The molecular formula is C34H40N2O4S4. The monoisotopic (exact) mass is 668 g/mol. The Labute approximate surface area is 277 Å². The predicted octanol–water partition coefficient (Wildman–Crippen LogP) is 10.5. The van der Waals surface area contributed by atoms with E-state index in [1.807, 2.05) is 35.9 Å². The van der Waals surface area contributed by atoms with Crippen LogP contribution in [0.5, 0.6) is 23.0 Å². The Morgan fingerprint density at radius 1 is 0.591 bits per heavy atom. The largest absolute Gasteiger partial charge is 0.485 e. The van der Waals surface area contributed by atoms with E-state index >= 15 is 0 Å². The highest BCUT2D eigenvalue weighted by Crippen LogP contribution is 2.55. The summed E-state index contributed by atoms with van der Waals surface area (Å²) in [7, 11) is 0. The average Bonchev–Trinajstić information content (AvgIpc) is 3.63. The van der Waals surface area contributed by atoms with Crippen molar-refractivity contribution >= 4 is 46.2 Å². The summed E-state index contributed by atoms with van der Waals surface area (Å²) in [5.41, 5.74) is 3.78. The molecule has 0 aliphatic carbocycles. The Balaban J connectivity index is 1.25. The predicted molar refractivity (Wildman–Crippen MR) is 186 cm³/mol. The second-order valence-electron chi connectivity index (χ2n) is 10.8. The maximum absolute atomic E-state index is 6.17. The summed E-state index contributed by atoms with van der Waals surface area (Å²) in [5.74, 6) is 5.71. The smallest absolute Gasteiger partial charge is 0.186 e. The normalized spacial score (nSPS) is 13.8. The number of unbranched alkanes of at least 4 members (excludes halogenated alkanes) is 6. The molecule has 0 unspecified atom stereocenters. The number of aromatic nitrogens is 2. The molecule has 4 aromatic rings. The van der Waals surface area contributed by atoms with Crippen LogP contribution in [0.1, 0.15) is 65.2 Å². The molecule has 234 valence electrons. The highest BCUT2D eigenvalue weighted by atomic mass is 32.2. The number of nitrogens with zero attached hydrogens (tertiary/aromatic N) is 2. The van der Waals surface area contributed by atoms with Gasteiger partial charge in [0.05, 0.1) is 21.1 Å².